The van der Waals surface area contributed by atoms with Crippen LogP contribution in [-0.4, -0.2) is 23.5 Å². The first-order valence-electron chi connectivity index (χ1n) is 8.53. The first-order valence-corrected chi connectivity index (χ1v) is 9.28. The summed E-state index contributed by atoms with van der Waals surface area (Å²) in [5.41, 5.74) is -0.754. The van der Waals surface area contributed by atoms with E-state index in [4.69, 9.17) is 33.0 Å². The highest BCUT2D eigenvalue weighted by molar-refractivity contribution is 6.45. The van der Waals surface area contributed by atoms with E-state index in [2.05, 4.69) is 0 Å². The molecular weight excluding hydrogens is 432 g/mol. The van der Waals surface area contributed by atoms with Crippen molar-refractivity contribution in [1.29, 1.82) is 0 Å². The monoisotopic (exact) mass is 446 g/mol. The molecule has 1 aliphatic carbocycles. The summed E-state index contributed by atoms with van der Waals surface area (Å²) >= 11 is 12.5. The van der Waals surface area contributed by atoms with Gasteiger partial charge in [-0.05, 0) is 42.7 Å². The van der Waals surface area contributed by atoms with E-state index >= 15 is 0 Å². The van der Waals surface area contributed by atoms with Gasteiger partial charge in [0.2, 0.25) is 0 Å². The van der Waals surface area contributed by atoms with E-state index in [1.54, 1.807) is 6.92 Å². The number of ketones is 1. The number of aliphatic carboxylic acids is 1. The van der Waals surface area contributed by atoms with Crippen LogP contribution >= 0.6 is 23.2 Å². The number of carboxylic acid groups (broad SMARTS) is 1. The maximum Gasteiger partial charge on any atom is 0.416 e. The Morgan fingerprint density at radius 3 is 2.38 bits per heavy atom. The van der Waals surface area contributed by atoms with Gasteiger partial charge in [-0.3, -0.25) is 9.59 Å². The molecule has 0 amide bonds. The molecule has 29 heavy (non-hydrogen) atoms. The molecule has 0 aromatic heterocycles. The summed E-state index contributed by atoms with van der Waals surface area (Å²) in [6.45, 7) is 1.50. The minimum absolute atomic E-state index is 0.0131. The Kier molecular flexibility index (Phi) is 5.58. The van der Waals surface area contributed by atoms with Gasteiger partial charge in [0.1, 0.15) is 10.8 Å². The largest absolute Gasteiger partial charge is 0.491 e. The molecule has 0 radical (unpaired) electrons. The Balaban J connectivity index is 1.95. The molecule has 9 heteroatoms. The molecule has 154 valence electrons. The van der Waals surface area contributed by atoms with Crippen LogP contribution in [0.4, 0.5) is 13.2 Å². The topological polar surface area (TPSA) is 63.6 Å². The summed E-state index contributed by atoms with van der Waals surface area (Å²) < 4.78 is 43.9. The smallest absolute Gasteiger partial charge is 0.416 e. The van der Waals surface area contributed by atoms with Crippen LogP contribution in [0.1, 0.15) is 40.4 Å². The lowest BCUT2D eigenvalue weighted by atomic mass is 9.78. The third kappa shape index (κ3) is 3.94. The van der Waals surface area contributed by atoms with Crippen molar-refractivity contribution in [2.45, 2.75) is 31.4 Å². The van der Waals surface area contributed by atoms with Crippen molar-refractivity contribution in [2.75, 3.05) is 6.61 Å². The van der Waals surface area contributed by atoms with Gasteiger partial charge in [-0.2, -0.15) is 13.2 Å². The van der Waals surface area contributed by atoms with Crippen molar-refractivity contribution < 1.29 is 32.6 Å². The Morgan fingerprint density at radius 2 is 1.83 bits per heavy atom. The average Bonchev–Trinajstić information content (AvgIpc) is 2.90. The summed E-state index contributed by atoms with van der Waals surface area (Å²) in [7, 11) is 0. The van der Waals surface area contributed by atoms with E-state index in [0.717, 1.165) is 12.1 Å². The fourth-order valence-corrected chi connectivity index (χ4v) is 3.89. The number of halogens is 5. The molecule has 1 N–H and O–H groups in total. The maximum absolute atomic E-state index is 13.1. The van der Waals surface area contributed by atoms with Crippen LogP contribution in [0.15, 0.2) is 30.3 Å². The molecule has 0 saturated carbocycles. The van der Waals surface area contributed by atoms with Crippen molar-refractivity contribution in [1.82, 2.24) is 0 Å². The van der Waals surface area contributed by atoms with E-state index in [1.165, 1.54) is 18.2 Å². The van der Waals surface area contributed by atoms with Crippen molar-refractivity contribution in [3.05, 3.63) is 62.6 Å². The molecule has 0 saturated heterocycles. The highest BCUT2D eigenvalue weighted by Gasteiger charge is 2.45. The normalized spacial score (nSPS) is 18.6. The zero-order chi connectivity index (χ0) is 21.6. The SMILES string of the molecule is C[C@]1(c2ccc(C(F)(F)F)cc2)Cc2cc(OCCC(=O)O)c(Cl)c(Cl)c2C1=O. The molecule has 0 unspecified atom stereocenters. The Bertz CT molecular complexity index is 987. The molecule has 0 aliphatic heterocycles. The van der Waals surface area contributed by atoms with Gasteiger partial charge in [0.05, 0.1) is 29.0 Å². The van der Waals surface area contributed by atoms with Gasteiger partial charge in [0, 0.05) is 5.56 Å². The summed E-state index contributed by atoms with van der Waals surface area (Å²) in [4.78, 5) is 23.8. The molecule has 0 spiro atoms. The van der Waals surface area contributed by atoms with E-state index < -0.39 is 23.1 Å². The van der Waals surface area contributed by atoms with E-state index in [-0.39, 0.29) is 46.6 Å². The molecule has 0 fully saturated rings. The lowest BCUT2D eigenvalue weighted by Gasteiger charge is -2.23. The third-order valence-electron chi connectivity index (χ3n) is 4.95. The highest BCUT2D eigenvalue weighted by atomic mass is 35.5. The van der Waals surface area contributed by atoms with Crippen LogP contribution in [0.2, 0.25) is 10.0 Å². The predicted molar refractivity (Wildman–Crippen MR) is 101 cm³/mol. The van der Waals surface area contributed by atoms with Gasteiger partial charge in [0.15, 0.2) is 5.78 Å². The molecule has 1 aliphatic rings. The standard InChI is InChI=1S/C20H15Cl2F3O4/c1-19(11-2-4-12(5-3-11)20(23,24)25)9-10-8-13(29-7-6-14(26)27)16(21)17(22)15(10)18(19)28/h2-5,8H,6-7,9H2,1H3,(H,26,27)/t19-/m1/s1. The molecule has 4 nitrogen and oxygen atoms in total. The van der Waals surface area contributed by atoms with Gasteiger partial charge >= 0.3 is 12.1 Å². The number of ether oxygens (including phenoxy) is 1. The van der Waals surface area contributed by atoms with Crippen molar-refractivity contribution in [2.24, 2.45) is 0 Å². The zero-order valence-electron chi connectivity index (χ0n) is 15.1. The lowest BCUT2D eigenvalue weighted by Crippen LogP contribution is -2.29. The Labute approximate surface area is 174 Å². The quantitative estimate of drug-likeness (QED) is 0.652. The Hall–Kier alpha value is -2.25. The summed E-state index contributed by atoms with van der Waals surface area (Å²) in [5.74, 6) is -1.24. The number of rotatable bonds is 5. The summed E-state index contributed by atoms with van der Waals surface area (Å²) in [5, 5.41) is 8.68. The number of fused-ring (bicyclic) bond motifs is 1. The van der Waals surface area contributed by atoms with E-state index in [1.807, 2.05) is 0 Å². The second-order valence-electron chi connectivity index (χ2n) is 6.94. The number of carbonyl (C=O) groups excluding carboxylic acids is 1. The van der Waals surface area contributed by atoms with Gasteiger partial charge in [-0.25, -0.2) is 0 Å². The fraction of sp³-hybridized carbons (Fsp3) is 0.300. The van der Waals surface area contributed by atoms with Crippen molar-refractivity contribution >= 4 is 35.0 Å². The van der Waals surface area contributed by atoms with E-state index in [9.17, 15) is 22.8 Å². The molecule has 3 rings (SSSR count). The summed E-state index contributed by atoms with van der Waals surface area (Å²) in [6, 6.07) is 5.97. The highest BCUT2D eigenvalue weighted by Crippen LogP contribution is 2.47. The zero-order valence-corrected chi connectivity index (χ0v) is 16.6. The van der Waals surface area contributed by atoms with Crippen molar-refractivity contribution in [3.8, 4) is 5.75 Å². The Morgan fingerprint density at radius 1 is 1.21 bits per heavy atom. The molecule has 0 bridgehead atoms. The first-order chi connectivity index (χ1) is 13.4. The van der Waals surface area contributed by atoms with E-state index in [0.29, 0.717) is 11.1 Å². The second-order valence-corrected chi connectivity index (χ2v) is 7.70. The number of Topliss-reactive ketones (excluding diaryl/α,β-unsaturated/α-hetero) is 1. The number of benzene rings is 2. The number of hydrogen-bond acceptors (Lipinski definition) is 3. The molecule has 2 aromatic rings. The maximum atomic E-state index is 13.1. The van der Waals surface area contributed by atoms with Crippen LogP contribution in [0.5, 0.6) is 5.75 Å². The van der Waals surface area contributed by atoms with Crippen LogP contribution in [0, 0.1) is 0 Å². The van der Waals surface area contributed by atoms with Crippen LogP contribution < -0.4 is 4.74 Å². The van der Waals surface area contributed by atoms with Crippen LogP contribution in [0.3, 0.4) is 0 Å². The van der Waals surface area contributed by atoms with Gasteiger partial charge in [-0.1, -0.05) is 35.3 Å². The van der Waals surface area contributed by atoms with Gasteiger partial charge in [0.25, 0.3) is 0 Å². The van der Waals surface area contributed by atoms with Crippen LogP contribution in [-0.2, 0) is 22.8 Å². The molecule has 2 aromatic carbocycles. The molecule has 1 atom stereocenters. The van der Waals surface area contributed by atoms with Crippen LogP contribution in [0.25, 0.3) is 0 Å². The number of hydrogen-bond donors (Lipinski definition) is 1. The molecular formula is C20H15Cl2F3O4. The van der Waals surface area contributed by atoms with Crippen molar-refractivity contribution in [3.63, 3.8) is 0 Å². The number of carboxylic acids is 1. The fourth-order valence-electron chi connectivity index (χ4n) is 3.39. The second kappa shape index (κ2) is 7.54. The predicted octanol–water partition coefficient (Wildman–Crippen LogP) is 5.56. The van der Waals surface area contributed by atoms with Gasteiger partial charge < -0.3 is 9.84 Å². The lowest BCUT2D eigenvalue weighted by molar-refractivity contribution is -0.138. The van der Waals surface area contributed by atoms with Gasteiger partial charge in [-0.15, -0.1) is 0 Å². The third-order valence-corrected chi connectivity index (χ3v) is 5.80. The first kappa shape index (κ1) is 21.5. The number of alkyl halides is 3. The average molecular weight is 447 g/mol. The minimum Gasteiger partial charge on any atom is -0.491 e. The number of carbonyl (C=O) groups is 2. The summed E-state index contributed by atoms with van der Waals surface area (Å²) in [6.07, 6.45) is -4.52. The molecule has 0 heterocycles. The minimum atomic E-state index is -4.47.